The van der Waals surface area contributed by atoms with Crippen LogP contribution in [0.15, 0.2) is 79.0 Å². The van der Waals surface area contributed by atoms with E-state index in [4.69, 9.17) is 9.72 Å². The quantitative estimate of drug-likeness (QED) is 0.157. The molecule has 3 N–H and O–H groups in total. The molecule has 5 heterocycles. The van der Waals surface area contributed by atoms with Gasteiger partial charge in [0.15, 0.2) is 0 Å². The number of ether oxygens (including phenoxy) is 1. The second-order valence-electron chi connectivity index (χ2n) is 16.4. The lowest BCUT2D eigenvalue weighted by molar-refractivity contribution is -0.120. The zero-order valence-electron chi connectivity index (χ0n) is 34.4. The molecule has 0 radical (unpaired) electrons. The number of carbonyl (C=O) groups is 3. The number of carbonyl (C=O) groups excluding carboxylic acids is 3. The minimum absolute atomic E-state index is 0.0613. The second-order valence-corrected chi connectivity index (χ2v) is 16.4. The van der Waals surface area contributed by atoms with Gasteiger partial charge in [-0.3, -0.25) is 19.9 Å². The number of hydrogen-bond acceptors (Lipinski definition) is 10. The third-order valence-electron chi connectivity index (χ3n) is 11.9. The van der Waals surface area contributed by atoms with E-state index in [2.05, 4.69) is 91.1 Å². The van der Waals surface area contributed by atoms with Crippen LogP contribution in [0, 0.1) is 12.8 Å². The molecule has 4 aliphatic rings. The van der Waals surface area contributed by atoms with Gasteiger partial charge in [-0.1, -0.05) is 12.1 Å². The number of anilines is 5. The van der Waals surface area contributed by atoms with Gasteiger partial charge in [0, 0.05) is 99.8 Å². The second kappa shape index (κ2) is 18.0. The minimum Gasteiger partial charge on any atom is -0.372 e. The summed E-state index contributed by atoms with van der Waals surface area (Å²) in [7, 11) is 0. The SMILES string of the molecule is Cc1cc(-c2ccnc(Nc3ccc(N4CCN(CC5CCN(c6ccc(N7CCC(=O)NC7=O)cc6)CC5)CC4)cc3)n2)ccc1CNC(=O)N1CC(OC(C)C)C1. The summed E-state index contributed by atoms with van der Waals surface area (Å²) in [6.07, 6.45) is 4.74. The van der Waals surface area contributed by atoms with Crippen molar-refractivity contribution in [3.8, 4) is 11.3 Å². The first-order valence-electron chi connectivity index (χ1n) is 21.1. The number of aryl methyl sites for hydroxylation is 1. The number of likely N-dealkylation sites (tertiary alicyclic amines) is 1. The fraction of sp³-hybridized carbons (Fsp3) is 0.444. The molecule has 0 spiro atoms. The van der Waals surface area contributed by atoms with Gasteiger partial charge in [-0.25, -0.2) is 19.6 Å². The lowest BCUT2D eigenvalue weighted by Gasteiger charge is -2.40. The summed E-state index contributed by atoms with van der Waals surface area (Å²) in [4.78, 5) is 56.6. The van der Waals surface area contributed by atoms with Crippen molar-refractivity contribution in [1.29, 1.82) is 0 Å². The Kier molecular flexibility index (Phi) is 12.3. The van der Waals surface area contributed by atoms with E-state index in [1.807, 2.05) is 38.1 Å². The van der Waals surface area contributed by atoms with Crippen molar-refractivity contribution in [2.45, 2.75) is 58.8 Å². The van der Waals surface area contributed by atoms with Crippen LogP contribution in [-0.2, 0) is 16.1 Å². The Morgan fingerprint density at radius 2 is 1.53 bits per heavy atom. The monoisotopic (exact) mass is 800 g/mol. The molecule has 4 saturated heterocycles. The zero-order valence-corrected chi connectivity index (χ0v) is 34.4. The van der Waals surface area contributed by atoms with E-state index in [0.717, 1.165) is 79.6 Å². The minimum atomic E-state index is -0.347. The maximum Gasteiger partial charge on any atom is 0.328 e. The molecule has 8 rings (SSSR count). The first kappa shape index (κ1) is 40.1. The lowest BCUT2D eigenvalue weighted by Crippen LogP contribution is -2.58. The molecule has 4 aromatic rings. The largest absolute Gasteiger partial charge is 0.372 e. The fourth-order valence-corrected chi connectivity index (χ4v) is 8.46. The molecule has 14 nitrogen and oxygen atoms in total. The van der Waals surface area contributed by atoms with Crippen LogP contribution >= 0.6 is 0 Å². The van der Waals surface area contributed by atoms with Crippen molar-refractivity contribution in [2.24, 2.45) is 5.92 Å². The van der Waals surface area contributed by atoms with Gasteiger partial charge in [0.05, 0.1) is 31.0 Å². The zero-order chi connectivity index (χ0) is 40.9. The first-order chi connectivity index (χ1) is 28.6. The smallest absolute Gasteiger partial charge is 0.328 e. The van der Waals surface area contributed by atoms with Crippen LogP contribution in [0.3, 0.4) is 0 Å². The molecule has 4 aliphatic heterocycles. The summed E-state index contributed by atoms with van der Waals surface area (Å²) >= 11 is 0. The normalized spacial score (nSPS) is 18.2. The van der Waals surface area contributed by atoms with Crippen LogP contribution in [0.4, 0.5) is 38.3 Å². The topological polar surface area (TPSA) is 139 Å². The number of imide groups is 1. The van der Waals surface area contributed by atoms with Crippen LogP contribution in [-0.4, -0.2) is 115 Å². The number of urea groups is 2. The lowest BCUT2D eigenvalue weighted by atomic mass is 9.95. The predicted octanol–water partition coefficient (Wildman–Crippen LogP) is 6.00. The average Bonchev–Trinajstić information content (AvgIpc) is 3.22. The fourth-order valence-electron chi connectivity index (χ4n) is 8.46. The van der Waals surface area contributed by atoms with E-state index in [1.54, 1.807) is 16.0 Å². The number of benzene rings is 3. The summed E-state index contributed by atoms with van der Waals surface area (Å²) < 4.78 is 5.77. The molecule has 310 valence electrons. The predicted molar refractivity (Wildman–Crippen MR) is 231 cm³/mol. The molecule has 0 aliphatic carbocycles. The van der Waals surface area contributed by atoms with E-state index in [1.165, 1.54) is 24.2 Å². The number of hydrogen-bond donors (Lipinski definition) is 3. The summed E-state index contributed by atoms with van der Waals surface area (Å²) in [5, 5.41) is 8.82. The Labute approximate surface area is 346 Å². The van der Waals surface area contributed by atoms with Gasteiger partial charge in [-0.15, -0.1) is 0 Å². The molecule has 1 aromatic heterocycles. The van der Waals surface area contributed by atoms with Gasteiger partial charge in [-0.05, 0) is 111 Å². The van der Waals surface area contributed by atoms with Crippen LogP contribution in [0.1, 0.15) is 44.2 Å². The van der Waals surface area contributed by atoms with Gasteiger partial charge in [-0.2, -0.15) is 0 Å². The van der Waals surface area contributed by atoms with Crippen LogP contribution in [0.2, 0.25) is 0 Å². The van der Waals surface area contributed by atoms with E-state index in [9.17, 15) is 14.4 Å². The summed E-state index contributed by atoms with van der Waals surface area (Å²) in [6.45, 7) is 15.6. The molecule has 5 amide bonds. The molecule has 3 aromatic carbocycles. The number of amides is 5. The summed E-state index contributed by atoms with van der Waals surface area (Å²) in [5.74, 6) is 1.01. The standard InChI is InChI=1S/C45H56N10O4/c1-31(2)59-40-29-54(30-40)44(57)47-27-35-5-4-34(26-32(35)3)41-14-18-46-43(49-41)48-36-6-8-37(9-7-36)53-24-22-51(23-25-53)28-33-15-19-52(20-16-33)38-10-12-39(13-11-38)55-21-17-42(56)50-45(55)58/h4-14,18,26,31,33,40H,15-17,19-25,27-30H2,1-3H3,(H,47,57)(H,46,48,49)(H,50,56,58). The third kappa shape index (κ3) is 9.94. The first-order valence-corrected chi connectivity index (χ1v) is 21.1. The van der Waals surface area contributed by atoms with Crippen molar-refractivity contribution >= 4 is 46.7 Å². The number of rotatable bonds is 12. The molecule has 14 heteroatoms. The van der Waals surface area contributed by atoms with Crippen molar-refractivity contribution in [1.82, 2.24) is 30.4 Å². The van der Waals surface area contributed by atoms with Gasteiger partial charge in [0.2, 0.25) is 11.9 Å². The molecular weight excluding hydrogens is 745 g/mol. The van der Waals surface area contributed by atoms with Crippen molar-refractivity contribution < 1.29 is 19.1 Å². The maximum absolute atomic E-state index is 12.6. The highest BCUT2D eigenvalue weighted by Gasteiger charge is 2.32. The number of piperidine rings is 1. The van der Waals surface area contributed by atoms with Gasteiger partial charge in [0.1, 0.15) is 0 Å². The Bertz CT molecular complexity index is 2090. The van der Waals surface area contributed by atoms with E-state index >= 15 is 0 Å². The summed E-state index contributed by atoms with van der Waals surface area (Å²) in [5.41, 5.74) is 8.14. The highest BCUT2D eigenvalue weighted by Crippen LogP contribution is 2.29. The highest BCUT2D eigenvalue weighted by atomic mass is 16.5. The number of piperazine rings is 1. The maximum atomic E-state index is 12.6. The molecule has 4 fully saturated rings. The highest BCUT2D eigenvalue weighted by molar-refractivity contribution is 6.05. The molecular formula is C45H56N10O4. The Balaban J connectivity index is 0.759. The van der Waals surface area contributed by atoms with Crippen LogP contribution in [0.25, 0.3) is 11.3 Å². The number of nitrogens with zero attached hydrogens (tertiary/aromatic N) is 7. The van der Waals surface area contributed by atoms with Crippen molar-refractivity contribution in [2.75, 3.05) is 85.5 Å². The third-order valence-corrected chi connectivity index (χ3v) is 11.9. The Morgan fingerprint density at radius 1 is 0.847 bits per heavy atom. The van der Waals surface area contributed by atoms with Crippen molar-refractivity contribution in [3.05, 3.63) is 90.1 Å². The van der Waals surface area contributed by atoms with Gasteiger partial charge >= 0.3 is 12.1 Å². The summed E-state index contributed by atoms with van der Waals surface area (Å²) in [6, 6.07) is 24.4. The molecule has 59 heavy (non-hydrogen) atoms. The van der Waals surface area contributed by atoms with Crippen molar-refractivity contribution in [3.63, 3.8) is 0 Å². The van der Waals surface area contributed by atoms with Crippen LogP contribution in [0.5, 0.6) is 0 Å². The van der Waals surface area contributed by atoms with E-state index in [0.29, 0.717) is 44.5 Å². The van der Waals surface area contributed by atoms with Gasteiger partial charge < -0.3 is 30.1 Å². The molecule has 0 saturated carbocycles. The number of aromatic nitrogens is 2. The molecule has 0 atom stereocenters. The molecule has 0 bridgehead atoms. The average molecular weight is 801 g/mol. The Morgan fingerprint density at radius 3 is 2.20 bits per heavy atom. The van der Waals surface area contributed by atoms with E-state index < -0.39 is 0 Å². The van der Waals surface area contributed by atoms with Gasteiger partial charge in [0.25, 0.3) is 0 Å². The Hall–Kier alpha value is -5.73. The van der Waals surface area contributed by atoms with Crippen LogP contribution < -0.4 is 30.7 Å². The molecule has 0 unspecified atom stereocenters. The number of nitrogens with one attached hydrogen (secondary N) is 3. The van der Waals surface area contributed by atoms with E-state index in [-0.39, 0.29) is 30.2 Å².